The van der Waals surface area contributed by atoms with Gasteiger partial charge in [0.15, 0.2) is 0 Å². The van der Waals surface area contributed by atoms with Crippen LogP contribution in [-0.4, -0.2) is 17.6 Å². The first-order valence-corrected chi connectivity index (χ1v) is 6.92. The molecule has 4 heteroatoms. The maximum absolute atomic E-state index is 11.8. The van der Waals surface area contributed by atoms with Crippen molar-refractivity contribution in [3.8, 4) is 0 Å². The molecule has 1 unspecified atom stereocenters. The van der Waals surface area contributed by atoms with Crippen molar-refractivity contribution >= 4 is 11.6 Å². The number of anilines is 1. The van der Waals surface area contributed by atoms with Gasteiger partial charge in [0.25, 0.3) is 0 Å². The van der Waals surface area contributed by atoms with Gasteiger partial charge in [-0.2, -0.15) is 0 Å². The fourth-order valence-electron chi connectivity index (χ4n) is 1.97. The van der Waals surface area contributed by atoms with E-state index < -0.39 is 6.10 Å². The number of carbonyl (C=O) groups excluding carboxylic acids is 1. The maximum Gasteiger partial charge on any atom is 0.224 e. The molecule has 4 nitrogen and oxygen atoms in total. The Kier molecular flexibility index (Phi) is 7.15. The van der Waals surface area contributed by atoms with Crippen LogP contribution in [0.2, 0.25) is 0 Å². The summed E-state index contributed by atoms with van der Waals surface area (Å²) >= 11 is 0. The van der Waals surface area contributed by atoms with Crippen molar-refractivity contribution in [3.05, 3.63) is 29.8 Å². The lowest BCUT2D eigenvalue weighted by Gasteiger charge is -2.12. The van der Waals surface area contributed by atoms with Crippen molar-refractivity contribution in [1.82, 2.24) is 0 Å². The van der Waals surface area contributed by atoms with Crippen LogP contribution >= 0.6 is 0 Å². The van der Waals surface area contributed by atoms with E-state index in [2.05, 4.69) is 5.32 Å². The average molecular weight is 264 g/mol. The van der Waals surface area contributed by atoms with Crippen molar-refractivity contribution in [2.24, 2.45) is 5.73 Å². The highest BCUT2D eigenvalue weighted by Crippen LogP contribution is 2.22. The molecule has 0 saturated carbocycles. The van der Waals surface area contributed by atoms with Crippen molar-refractivity contribution in [2.45, 2.75) is 45.1 Å². The van der Waals surface area contributed by atoms with Crippen LogP contribution in [0, 0.1) is 0 Å². The van der Waals surface area contributed by atoms with Crippen LogP contribution in [0.15, 0.2) is 24.3 Å². The molecule has 1 atom stereocenters. The number of carbonyl (C=O) groups is 1. The van der Waals surface area contributed by atoms with Gasteiger partial charge in [0.2, 0.25) is 5.91 Å². The zero-order valence-corrected chi connectivity index (χ0v) is 11.6. The third kappa shape index (κ3) is 5.85. The molecule has 0 radical (unpaired) electrons. The van der Waals surface area contributed by atoms with Crippen LogP contribution in [0.3, 0.4) is 0 Å². The molecule has 1 aromatic carbocycles. The summed E-state index contributed by atoms with van der Waals surface area (Å²) in [5.74, 6) is 0.000786. The highest BCUT2D eigenvalue weighted by molar-refractivity contribution is 5.91. The largest absolute Gasteiger partial charge is 0.389 e. The first kappa shape index (κ1) is 15.7. The Morgan fingerprint density at radius 3 is 2.63 bits per heavy atom. The molecule has 0 aromatic heterocycles. The topological polar surface area (TPSA) is 75.3 Å². The monoisotopic (exact) mass is 264 g/mol. The molecule has 0 spiro atoms. The molecule has 1 amide bonds. The molecular formula is C15H24N2O2. The van der Waals surface area contributed by atoms with E-state index in [-0.39, 0.29) is 5.91 Å². The smallest absolute Gasteiger partial charge is 0.224 e. The molecule has 0 saturated heterocycles. The second-order valence-corrected chi connectivity index (χ2v) is 4.76. The molecule has 4 N–H and O–H groups in total. The fraction of sp³-hybridized carbons (Fsp3) is 0.533. The highest BCUT2D eigenvalue weighted by atomic mass is 16.3. The van der Waals surface area contributed by atoms with Gasteiger partial charge in [-0.15, -0.1) is 0 Å². The number of aliphatic hydroxyl groups excluding tert-OH is 1. The standard InChI is InChI=1S/C15H24N2O2/c1-12(18)13-8-5-6-9-14(13)17-15(19)10-4-2-3-7-11-16/h5-6,8-9,12,18H,2-4,7,10-11,16H2,1H3,(H,17,19). The van der Waals surface area contributed by atoms with E-state index in [9.17, 15) is 9.90 Å². The van der Waals surface area contributed by atoms with E-state index in [0.29, 0.717) is 18.7 Å². The third-order valence-electron chi connectivity index (χ3n) is 3.04. The molecule has 0 aliphatic carbocycles. The van der Waals surface area contributed by atoms with Gasteiger partial charge in [-0.25, -0.2) is 0 Å². The van der Waals surface area contributed by atoms with E-state index in [1.165, 1.54) is 0 Å². The van der Waals surface area contributed by atoms with Gasteiger partial charge in [0.1, 0.15) is 0 Å². The van der Waals surface area contributed by atoms with Gasteiger partial charge in [0, 0.05) is 17.7 Å². The minimum absolute atomic E-state index is 0.000786. The Morgan fingerprint density at radius 1 is 1.26 bits per heavy atom. The molecule has 0 heterocycles. The molecule has 106 valence electrons. The lowest BCUT2D eigenvalue weighted by atomic mass is 10.1. The van der Waals surface area contributed by atoms with Crippen LogP contribution in [0.5, 0.6) is 0 Å². The number of para-hydroxylation sites is 1. The fourth-order valence-corrected chi connectivity index (χ4v) is 1.97. The van der Waals surface area contributed by atoms with Crippen molar-refractivity contribution < 1.29 is 9.90 Å². The highest BCUT2D eigenvalue weighted by Gasteiger charge is 2.09. The minimum Gasteiger partial charge on any atom is -0.389 e. The van der Waals surface area contributed by atoms with E-state index in [0.717, 1.165) is 31.2 Å². The van der Waals surface area contributed by atoms with Gasteiger partial charge < -0.3 is 16.2 Å². The number of amides is 1. The summed E-state index contributed by atoms with van der Waals surface area (Å²) in [6, 6.07) is 7.34. The molecule has 0 aliphatic rings. The first-order valence-electron chi connectivity index (χ1n) is 6.92. The lowest BCUT2D eigenvalue weighted by Crippen LogP contribution is -2.13. The number of hydrogen-bond donors (Lipinski definition) is 3. The second-order valence-electron chi connectivity index (χ2n) is 4.76. The number of rotatable bonds is 8. The normalized spacial score (nSPS) is 12.2. The number of hydrogen-bond acceptors (Lipinski definition) is 3. The average Bonchev–Trinajstić information content (AvgIpc) is 2.39. The van der Waals surface area contributed by atoms with E-state index in [1.54, 1.807) is 6.92 Å². The maximum atomic E-state index is 11.8. The van der Waals surface area contributed by atoms with Crippen LogP contribution in [0.1, 0.15) is 50.7 Å². The molecule has 19 heavy (non-hydrogen) atoms. The van der Waals surface area contributed by atoms with Crippen molar-refractivity contribution in [2.75, 3.05) is 11.9 Å². The zero-order valence-electron chi connectivity index (χ0n) is 11.6. The first-order chi connectivity index (χ1) is 9.15. The SMILES string of the molecule is CC(O)c1ccccc1NC(=O)CCCCCCN. The van der Waals surface area contributed by atoms with Gasteiger partial charge in [-0.3, -0.25) is 4.79 Å². The minimum atomic E-state index is -0.582. The van der Waals surface area contributed by atoms with E-state index in [1.807, 2.05) is 24.3 Å². The van der Waals surface area contributed by atoms with Gasteiger partial charge >= 0.3 is 0 Å². The summed E-state index contributed by atoms with van der Waals surface area (Å²) in [4.78, 5) is 11.8. The Balaban J connectivity index is 2.40. The summed E-state index contributed by atoms with van der Waals surface area (Å²) in [6.07, 6.45) is 3.94. The predicted molar refractivity (Wildman–Crippen MR) is 77.8 cm³/mol. The lowest BCUT2D eigenvalue weighted by molar-refractivity contribution is -0.116. The number of nitrogens with one attached hydrogen (secondary N) is 1. The van der Waals surface area contributed by atoms with Crippen LogP contribution in [0.4, 0.5) is 5.69 Å². The van der Waals surface area contributed by atoms with E-state index >= 15 is 0 Å². The number of benzene rings is 1. The molecule has 1 aromatic rings. The summed E-state index contributed by atoms with van der Waals surface area (Å²) in [5.41, 5.74) is 6.86. The van der Waals surface area contributed by atoms with Crippen LogP contribution in [-0.2, 0) is 4.79 Å². The second kappa shape index (κ2) is 8.67. The number of aliphatic hydroxyl groups is 1. The number of unbranched alkanes of at least 4 members (excludes halogenated alkanes) is 3. The quantitative estimate of drug-likeness (QED) is 0.632. The van der Waals surface area contributed by atoms with Crippen molar-refractivity contribution in [1.29, 1.82) is 0 Å². The van der Waals surface area contributed by atoms with Crippen LogP contribution < -0.4 is 11.1 Å². The zero-order chi connectivity index (χ0) is 14.1. The summed E-state index contributed by atoms with van der Waals surface area (Å²) in [5, 5.41) is 12.5. The number of nitrogens with two attached hydrogens (primary N) is 1. The summed E-state index contributed by atoms with van der Waals surface area (Å²) < 4.78 is 0. The molecule has 0 bridgehead atoms. The summed E-state index contributed by atoms with van der Waals surface area (Å²) in [7, 11) is 0. The predicted octanol–water partition coefficient (Wildman–Crippen LogP) is 2.59. The Bertz CT molecular complexity index is 391. The van der Waals surface area contributed by atoms with Gasteiger partial charge in [-0.1, -0.05) is 31.0 Å². The third-order valence-corrected chi connectivity index (χ3v) is 3.04. The van der Waals surface area contributed by atoms with Gasteiger partial charge in [-0.05, 0) is 32.4 Å². The summed E-state index contributed by atoms with van der Waals surface area (Å²) in [6.45, 7) is 2.41. The molecular weight excluding hydrogens is 240 g/mol. The molecule has 0 fully saturated rings. The van der Waals surface area contributed by atoms with E-state index in [4.69, 9.17) is 5.73 Å². The Labute approximate surface area is 115 Å². The van der Waals surface area contributed by atoms with Crippen molar-refractivity contribution in [3.63, 3.8) is 0 Å². The van der Waals surface area contributed by atoms with Gasteiger partial charge in [0.05, 0.1) is 6.10 Å². The molecule has 1 rings (SSSR count). The van der Waals surface area contributed by atoms with Crippen LogP contribution in [0.25, 0.3) is 0 Å². The Morgan fingerprint density at radius 2 is 1.95 bits per heavy atom. The Hall–Kier alpha value is -1.39. The molecule has 0 aliphatic heterocycles.